The number of alkyl halides is 2. The van der Waals surface area contributed by atoms with Crippen LogP contribution in [0.5, 0.6) is 0 Å². The molecule has 2 N–H and O–H groups in total. The molecule has 0 atom stereocenters. The molecule has 1 heterocycles. The van der Waals surface area contributed by atoms with Gasteiger partial charge in [-0.1, -0.05) is 11.6 Å². The van der Waals surface area contributed by atoms with Gasteiger partial charge in [-0.05, 0) is 12.1 Å². The van der Waals surface area contributed by atoms with Gasteiger partial charge >= 0.3 is 0 Å². The number of nitrogens with zero attached hydrogens (tertiary/aromatic N) is 1. The first-order valence-electron chi connectivity index (χ1n) is 3.87. The highest BCUT2D eigenvalue weighted by atomic mass is 35.5. The third-order valence-corrected chi connectivity index (χ3v) is 1.71. The molecule has 0 fully saturated rings. The Morgan fingerprint density at radius 2 is 2.21 bits per heavy atom. The number of nitrogens with one attached hydrogen (secondary N) is 1. The van der Waals surface area contributed by atoms with E-state index in [4.69, 9.17) is 16.7 Å². The number of aliphatic hydroxyl groups is 1. The minimum absolute atomic E-state index is 0.294. The average molecular weight is 223 g/mol. The molecule has 0 radical (unpaired) electrons. The van der Waals surface area contributed by atoms with E-state index in [2.05, 4.69) is 10.3 Å². The third kappa shape index (κ3) is 3.43. The van der Waals surface area contributed by atoms with Gasteiger partial charge in [0.25, 0.3) is 5.92 Å². The summed E-state index contributed by atoms with van der Waals surface area (Å²) in [6, 6.07) is 3.02. The smallest absolute Gasteiger partial charge is 0.287 e. The Morgan fingerprint density at radius 1 is 1.50 bits per heavy atom. The molecular weight excluding hydrogens is 214 g/mol. The molecule has 0 aliphatic heterocycles. The fraction of sp³-hybridized carbons (Fsp3) is 0.375. The van der Waals surface area contributed by atoms with Crippen LogP contribution in [0.1, 0.15) is 0 Å². The Morgan fingerprint density at radius 3 is 2.71 bits per heavy atom. The van der Waals surface area contributed by atoms with E-state index in [1.54, 1.807) is 0 Å². The van der Waals surface area contributed by atoms with Gasteiger partial charge in [-0.15, -0.1) is 0 Å². The van der Waals surface area contributed by atoms with Gasteiger partial charge in [0.1, 0.15) is 12.4 Å². The van der Waals surface area contributed by atoms with Crippen LogP contribution in [0, 0.1) is 0 Å². The van der Waals surface area contributed by atoms with Crippen LogP contribution in [0.25, 0.3) is 0 Å². The maximum atomic E-state index is 12.6. The van der Waals surface area contributed by atoms with Crippen molar-refractivity contribution >= 4 is 17.4 Å². The second-order valence-electron chi connectivity index (χ2n) is 2.73. The zero-order valence-corrected chi connectivity index (χ0v) is 7.93. The van der Waals surface area contributed by atoms with Crippen molar-refractivity contribution in [2.24, 2.45) is 0 Å². The second-order valence-corrected chi connectivity index (χ2v) is 3.17. The first-order chi connectivity index (χ1) is 6.53. The number of hydrogen-bond acceptors (Lipinski definition) is 3. The monoisotopic (exact) mass is 222 g/mol. The summed E-state index contributed by atoms with van der Waals surface area (Å²) >= 11 is 5.55. The molecular formula is C8H9ClF2N2O. The normalized spacial score (nSPS) is 11.4. The van der Waals surface area contributed by atoms with Crippen molar-refractivity contribution in [3.8, 4) is 0 Å². The molecule has 1 aromatic rings. The molecule has 0 unspecified atom stereocenters. The fourth-order valence-corrected chi connectivity index (χ4v) is 0.868. The molecule has 0 bridgehead atoms. The van der Waals surface area contributed by atoms with Gasteiger partial charge in [0.05, 0.1) is 11.6 Å². The molecule has 0 saturated heterocycles. The minimum Gasteiger partial charge on any atom is -0.390 e. The molecule has 1 aromatic heterocycles. The third-order valence-electron chi connectivity index (χ3n) is 1.49. The molecule has 0 amide bonds. The van der Waals surface area contributed by atoms with Crippen molar-refractivity contribution in [1.82, 2.24) is 4.98 Å². The molecule has 0 aliphatic rings. The molecule has 6 heteroatoms. The molecule has 78 valence electrons. The zero-order valence-electron chi connectivity index (χ0n) is 7.17. The zero-order chi connectivity index (χ0) is 10.6. The number of hydrogen-bond donors (Lipinski definition) is 2. The first-order valence-corrected chi connectivity index (χ1v) is 4.25. The molecule has 0 spiro atoms. The summed E-state index contributed by atoms with van der Waals surface area (Å²) in [7, 11) is 0. The lowest BCUT2D eigenvalue weighted by Crippen LogP contribution is -2.31. The van der Waals surface area contributed by atoms with Gasteiger partial charge in [-0.2, -0.15) is 0 Å². The highest BCUT2D eigenvalue weighted by molar-refractivity contribution is 6.30. The van der Waals surface area contributed by atoms with Gasteiger partial charge in [-0.3, -0.25) is 0 Å². The Labute approximate surface area is 84.7 Å². The number of aliphatic hydroxyl groups excluding tert-OH is 1. The molecule has 0 aliphatic carbocycles. The Bertz CT molecular complexity index is 292. The van der Waals surface area contributed by atoms with Crippen LogP contribution in [0.4, 0.5) is 14.6 Å². The standard InChI is InChI=1S/C8H9ClF2N2O/c9-6-1-2-7(12-3-6)13-4-8(10,11)5-14/h1-3,14H,4-5H2,(H,12,13). The number of rotatable bonds is 4. The van der Waals surface area contributed by atoms with Crippen molar-refractivity contribution in [2.75, 3.05) is 18.5 Å². The SMILES string of the molecule is OCC(F)(F)CNc1ccc(Cl)cn1. The summed E-state index contributed by atoms with van der Waals surface area (Å²) in [6.07, 6.45) is 1.35. The lowest BCUT2D eigenvalue weighted by atomic mass is 10.3. The van der Waals surface area contributed by atoms with Crippen LogP contribution >= 0.6 is 11.6 Å². The van der Waals surface area contributed by atoms with Gasteiger partial charge in [0.15, 0.2) is 0 Å². The van der Waals surface area contributed by atoms with Gasteiger partial charge in [-0.25, -0.2) is 13.8 Å². The molecule has 0 saturated carbocycles. The van der Waals surface area contributed by atoms with E-state index in [-0.39, 0.29) is 0 Å². The largest absolute Gasteiger partial charge is 0.390 e. The summed E-state index contributed by atoms with van der Waals surface area (Å²) in [4.78, 5) is 3.76. The fourth-order valence-electron chi connectivity index (χ4n) is 0.756. The lowest BCUT2D eigenvalue weighted by molar-refractivity contribution is -0.0373. The first kappa shape index (κ1) is 11.1. The molecule has 14 heavy (non-hydrogen) atoms. The maximum Gasteiger partial charge on any atom is 0.287 e. The summed E-state index contributed by atoms with van der Waals surface area (Å²) in [5.74, 6) is -2.84. The van der Waals surface area contributed by atoms with Gasteiger partial charge < -0.3 is 10.4 Å². The summed E-state index contributed by atoms with van der Waals surface area (Å²) in [5, 5.41) is 11.1. The Kier molecular flexibility index (Phi) is 3.60. The summed E-state index contributed by atoms with van der Waals surface area (Å²) in [5.41, 5.74) is 0. The van der Waals surface area contributed by atoms with Crippen molar-refractivity contribution < 1.29 is 13.9 Å². The van der Waals surface area contributed by atoms with Crippen LogP contribution in [0.15, 0.2) is 18.3 Å². The summed E-state index contributed by atoms with van der Waals surface area (Å²) < 4.78 is 25.1. The van der Waals surface area contributed by atoms with Crippen LogP contribution in [-0.4, -0.2) is 29.2 Å². The van der Waals surface area contributed by atoms with Gasteiger partial charge in [0.2, 0.25) is 0 Å². The second kappa shape index (κ2) is 4.52. The number of aromatic nitrogens is 1. The number of halogens is 3. The van der Waals surface area contributed by atoms with Crippen molar-refractivity contribution in [1.29, 1.82) is 0 Å². The van der Waals surface area contributed by atoms with Crippen molar-refractivity contribution in [2.45, 2.75) is 5.92 Å². The number of pyridine rings is 1. The van der Waals surface area contributed by atoms with Crippen LogP contribution in [0.2, 0.25) is 5.02 Å². The van der Waals surface area contributed by atoms with E-state index in [1.807, 2.05) is 0 Å². The topological polar surface area (TPSA) is 45.1 Å². The highest BCUT2D eigenvalue weighted by Crippen LogP contribution is 2.14. The van der Waals surface area contributed by atoms with Crippen molar-refractivity contribution in [3.05, 3.63) is 23.4 Å². The Balaban J connectivity index is 2.50. The van der Waals surface area contributed by atoms with E-state index in [9.17, 15) is 8.78 Å². The quantitative estimate of drug-likeness (QED) is 0.816. The molecule has 3 nitrogen and oxygen atoms in total. The van der Waals surface area contributed by atoms with Crippen molar-refractivity contribution in [3.63, 3.8) is 0 Å². The lowest BCUT2D eigenvalue weighted by Gasteiger charge is -2.13. The molecule has 0 aromatic carbocycles. The van der Waals surface area contributed by atoms with Crippen LogP contribution in [-0.2, 0) is 0 Å². The van der Waals surface area contributed by atoms with E-state index in [0.29, 0.717) is 10.8 Å². The average Bonchev–Trinajstić information content (AvgIpc) is 2.17. The number of anilines is 1. The predicted molar refractivity (Wildman–Crippen MR) is 49.8 cm³/mol. The Hall–Kier alpha value is -0.940. The van der Waals surface area contributed by atoms with Gasteiger partial charge in [0, 0.05) is 6.20 Å². The van der Waals surface area contributed by atoms with E-state index in [0.717, 1.165) is 0 Å². The minimum atomic E-state index is -3.14. The van der Waals surface area contributed by atoms with E-state index in [1.165, 1.54) is 18.3 Å². The maximum absolute atomic E-state index is 12.6. The van der Waals surface area contributed by atoms with E-state index < -0.39 is 19.1 Å². The van der Waals surface area contributed by atoms with Crippen LogP contribution < -0.4 is 5.32 Å². The highest BCUT2D eigenvalue weighted by Gasteiger charge is 2.27. The molecule has 1 rings (SSSR count). The van der Waals surface area contributed by atoms with Crippen LogP contribution in [0.3, 0.4) is 0 Å². The summed E-state index contributed by atoms with van der Waals surface area (Å²) in [6.45, 7) is -1.84. The van der Waals surface area contributed by atoms with E-state index >= 15 is 0 Å². The predicted octanol–water partition coefficient (Wildman–Crippen LogP) is 1.77.